The van der Waals surface area contributed by atoms with Crippen LogP contribution >= 0.6 is 0 Å². The fraction of sp³-hybridized carbons (Fsp3) is 0.0714. The van der Waals surface area contributed by atoms with Gasteiger partial charge in [-0.25, -0.2) is 8.78 Å². The summed E-state index contributed by atoms with van der Waals surface area (Å²) in [5.41, 5.74) is 6.30. The van der Waals surface area contributed by atoms with Gasteiger partial charge in [0.15, 0.2) is 17.4 Å². The lowest BCUT2D eigenvalue weighted by molar-refractivity contribution is 0.406. The first-order chi connectivity index (χ1) is 9.01. The molecule has 2 rings (SSSR count). The molecule has 0 aromatic heterocycles. The Balaban J connectivity index is 2.45. The van der Waals surface area contributed by atoms with Crippen LogP contribution in [0.15, 0.2) is 30.3 Å². The SMILES string of the molecule is Cc1ccc(C#N)cc1Oc1c(F)cc(N)cc1F. The third kappa shape index (κ3) is 2.63. The number of benzene rings is 2. The predicted octanol–water partition coefficient (Wildman–Crippen LogP) is 3.52. The van der Waals surface area contributed by atoms with E-state index in [1.54, 1.807) is 19.1 Å². The minimum atomic E-state index is -0.890. The fourth-order valence-electron chi connectivity index (χ4n) is 1.57. The number of nitrogens with zero attached hydrogens (tertiary/aromatic N) is 1. The highest BCUT2D eigenvalue weighted by molar-refractivity contribution is 5.48. The molecule has 96 valence electrons. The van der Waals surface area contributed by atoms with Gasteiger partial charge in [0.2, 0.25) is 0 Å². The van der Waals surface area contributed by atoms with E-state index in [0.29, 0.717) is 11.1 Å². The van der Waals surface area contributed by atoms with Gasteiger partial charge in [0, 0.05) is 17.8 Å². The highest BCUT2D eigenvalue weighted by atomic mass is 19.1. The summed E-state index contributed by atoms with van der Waals surface area (Å²) in [6, 6.07) is 8.54. The predicted molar refractivity (Wildman–Crippen MR) is 66.7 cm³/mol. The summed E-state index contributed by atoms with van der Waals surface area (Å²) in [6.07, 6.45) is 0. The van der Waals surface area contributed by atoms with Gasteiger partial charge in [-0.05, 0) is 24.6 Å². The van der Waals surface area contributed by atoms with E-state index in [2.05, 4.69) is 0 Å². The van der Waals surface area contributed by atoms with E-state index in [4.69, 9.17) is 15.7 Å². The largest absolute Gasteiger partial charge is 0.451 e. The molecule has 0 atom stereocenters. The molecule has 0 aliphatic heterocycles. The van der Waals surface area contributed by atoms with E-state index in [1.807, 2.05) is 6.07 Å². The molecule has 2 N–H and O–H groups in total. The van der Waals surface area contributed by atoms with Crippen LogP contribution in [0.1, 0.15) is 11.1 Å². The molecule has 0 aliphatic carbocycles. The average Bonchev–Trinajstić information content (AvgIpc) is 2.35. The van der Waals surface area contributed by atoms with Crippen molar-refractivity contribution in [1.82, 2.24) is 0 Å². The Bertz CT molecular complexity index is 655. The third-order valence-corrected chi connectivity index (χ3v) is 2.55. The standard InChI is InChI=1S/C14H10F2N2O/c1-8-2-3-9(7-17)4-13(8)19-14-11(15)5-10(18)6-12(14)16/h2-6H,18H2,1H3. The summed E-state index contributed by atoms with van der Waals surface area (Å²) in [5, 5.41) is 8.79. The van der Waals surface area contributed by atoms with Crippen LogP contribution in [0.25, 0.3) is 0 Å². The van der Waals surface area contributed by atoms with Gasteiger partial charge in [0.05, 0.1) is 11.6 Å². The van der Waals surface area contributed by atoms with E-state index in [9.17, 15) is 8.78 Å². The monoisotopic (exact) mass is 260 g/mol. The molecular formula is C14H10F2N2O. The zero-order valence-electron chi connectivity index (χ0n) is 10.1. The molecule has 0 unspecified atom stereocenters. The van der Waals surface area contributed by atoms with Crippen LogP contribution in [0, 0.1) is 29.9 Å². The molecule has 0 heterocycles. The maximum absolute atomic E-state index is 13.6. The number of nitrogen functional groups attached to an aromatic ring is 1. The van der Waals surface area contributed by atoms with Crippen LogP contribution in [0.3, 0.4) is 0 Å². The molecule has 0 saturated heterocycles. The lowest BCUT2D eigenvalue weighted by Gasteiger charge is -2.11. The number of aryl methyl sites for hydroxylation is 1. The smallest absolute Gasteiger partial charge is 0.198 e. The van der Waals surface area contributed by atoms with E-state index in [1.165, 1.54) is 6.07 Å². The summed E-state index contributed by atoms with van der Waals surface area (Å²) in [4.78, 5) is 0. The molecule has 2 aromatic rings. The molecule has 0 fully saturated rings. The highest BCUT2D eigenvalue weighted by Gasteiger charge is 2.14. The molecule has 19 heavy (non-hydrogen) atoms. The van der Waals surface area contributed by atoms with E-state index < -0.39 is 17.4 Å². The quantitative estimate of drug-likeness (QED) is 0.840. The van der Waals surface area contributed by atoms with E-state index in [-0.39, 0.29) is 11.4 Å². The Morgan fingerprint density at radius 1 is 1.16 bits per heavy atom. The van der Waals surface area contributed by atoms with Crippen molar-refractivity contribution in [3.05, 3.63) is 53.1 Å². The van der Waals surface area contributed by atoms with Crippen LogP contribution in [0.2, 0.25) is 0 Å². The van der Waals surface area contributed by atoms with Gasteiger partial charge in [-0.15, -0.1) is 0 Å². The molecule has 0 saturated carbocycles. The number of nitrogens with two attached hydrogens (primary N) is 1. The van der Waals surface area contributed by atoms with Crippen molar-refractivity contribution in [2.24, 2.45) is 0 Å². The van der Waals surface area contributed by atoms with Crippen molar-refractivity contribution in [2.45, 2.75) is 6.92 Å². The Hall–Kier alpha value is -2.61. The van der Waals surface area contributed by atoms with Gasteiger partial charge >= 0.3 is 0 Å². The van der Waals surface area contributed by atoms with Gasteiger partial charge in [-0.1, -0.05) is 6.07 Å². The number of hydrogen-bond donors (Lipinski definition) is 1. The zero-order valence-corrected chi connectivity index (χ0v) is 10.1. The van der Waals surface area contributed by atoms with Crippen molar-refractivity contribution < 1.29 is 13.5 Å². The molecule has 5 heteroatoms. The average molecular weight is 260 g/mol. The molecule has 0 spiro atoms. The van der Waals surface area contributed by atoms with Crippen LogP contribution < -0.4 is 10.5 Å². The number of rotatable bonds is 2. The van der Waals surface area contributed by atoms with Crippen LogP contribution in [0.5, 0.6) is 11.5 Å². The number of nitriles is 1. The highest BCUT2D eigenvalue weighted by Crippen LogP contribution is 2.31. The fourth-order valence-corrected chi connectivity index (χ4v) is 1.57. The summed E-state index contributed by atoms with van der Waals surface area (Å²) in [7, 11) is 0. The van der Waals surface area contributed by atoms with Crippen molar-refractivity contribution >= 4 is 5.69 Å². The van der Waals surface area contributed by atoms with Crippen LogP contribution in [-0.2, 0) is 0 Å². The first kappa shape index (κ1) is 12.8. The molecule has 0 radical (unpaired) electrons. The van der Waals surface area contributed by atoms with Gasteiger partial charge < -0.3 is 10.5 Å². The first-order valence-electron chi connectivity index (χ1n) is 5.44. The molecule has 3 nitrogen and oxygen atoms in total. The summed E-state index contributed by atoms with van der Waals surface area (Å²) in [5.74, 6) is -2.09. The number of halogens is 2. The van der Waals surface area contributed by atoms with Gasteiger partial charge in [0.1, 0.15) is 5.75 Å². The Morgan fingerprint density at radius 3 is 2.37 bits per heavy atom. The number of hydrogen-bond acceptors (Lipinski definition) is 3. The maximum Gasteiger partial charge on any atom is 0.198 e. The molecule has 0 amide bonds. The first-order valence-corrected chi connectivity index (χ1v) is 5.44. The minimum Gasteiger partial charge on any atom is -0.451 e. The molecule has 0 bridgehead atoms. The van der Waals surface area contributed by atoms with Crippen molar-refractivity contribution in [3.63, 3.8) is 0 Å². The second kappa shape index (κ2) is 4.94. The Morgan fingerprint density at radius 2 is 1.79 bits per heavy atom. The molecule has 2 aromatic carbocycles. The second-order valence-electron chi connectivity index (χ2n) is 4.01. The minimum absolute atomic E-state index is 0.0233. The Kier molecular flexibility index (Phi) is 3.34. The summed E-state index contributed by atoms with van der Waals surface area (Å²) < 4.78 is 32.4. The molecular weight excluding hydrogens is 250 g/mol. The topological polar surface area (TPSA) is 59.0 Å². The number of ether oxygens (including phenoxy) is 1. The lowest BCUT2D eigenvalue weighted by atomic mass is 10.1. The normalized spacial score (nSPS) is 10.0. The van der Waals surface area contributed by atoms with Crippen LogP contribution in [-0.4, -0.2) is 0 Å². The number of anilines is 1. The summed E-state index contributed by atoms with van der Waals surface area (Å²) in [6.45, 7) is 1.71. The van der Waals surface area contributed by atoms with Crippen molar-refractivity contribution in [3.8, 4) is 17.6 Å². The lowest BCUT2D eigenvalue weighted by Crippen LogP contribution is -1.97. The van der Waals surface area contributed by atoms with Gasteiger partial charge in [-0.2, -0.15) is 5.26 Å². The zero-order chi connectivity index (χ0) is 14.0. The summed E-state index contributed by atoms with van der Waals surface area (Å²) >= 11 is 0. The maximum atomic E-state index is 13.6. The van der Waals surface area contributed by atoms with Gasteiger partial charge in [0.25, 0.3) is 0 Å². The second-order valence-corrected chi connectivity index (χ2v) is 4.01. The molecule has 0 aliphatic rings. The van der Waals surface area contributed by atoms with Gasteiger partial charge in [-0.3, -0.25) is 0 Å². The van der Waals surface area contributed by atoms with Crippen molar-refractivity contribution in [2.75, 3.05) is 5.73 Å². The van der Waals surface area contributed by atoms with E-state index >= 15 is 0 Å². The van der Waals surface area contributed by atoms with Crippen molar-refractivity contribution in [1.29, 1.82) is 5.26 Å². The Labute approximate surface area is 108 Å². The van der Waals surface area contributed by atoms with Crippen LogP contribution in [0.4, 0.5) is 14.5 Å². The van der Waals surface area contributed by atoms with E-state index in [0.717, 1.165) is 12.1 Å². The third-order valence-electron chi connectivity index (χ3n) is 2.55.